The first-order valence-electron chi connectivity index (χ1n) is 8.31. The van der Waals surface area contributed by atoms with Crippen molar-refractivity contribution in [2.24, 2.45) is 5.92 Å². The Morgan fingerprint density at radius 2 is 1.75 bits per heavy atom. The normalized spacial score (nSPS) is 16.0. The van der Waals surface area contributed by atoms with Crippen molar-refractivity contribution < 1.29 is 26.2 Å². The topological polar surface area (TPSA) is 0 Å². The van der Waals surface area contributed by atoms with E-state index in [0.29, 0.717) is 11.8 Å². The zero-order chi connectivity index (χ0) is 16.4. The van der Waals surface area contributed by atoms with E-state index in [1.165, 1.54) is 27.8 Å². The first-order chi connectivity index (χ1) is 11.1. The molecule has 3 rings (SSSR count). The summed E-state index contributed by atoms with van der Waals surface area (Å²) in [6, 6.07) is 17.3. The van der Waals surface area contributed by atoms with Crippen molar-refractivity contribution in [2.75, 3.05) is 0 Å². The molecule has 1 atom stereocenters. The molecule has 0 N–H and O–H groups in total. The number of hydrogen-bond donors (Lipinski definition) is 0. The zero-order valence-corrected chi connectivity index (χ0v) is 17.2. The van der Waals surface area contributed by atoms with Gasteiger partial charge in [-0.1, -0.05) is 98.3 Å². The molecule has 24 heavy (non-hydrogen) atoms. The van der Waals surface area contributed by atoms with Crippen LogP contribution in [0.3, 0.4) is 0 Å². The molecule has 0 spiro atoms. The smallest absolute Gasteiger partial charge is 0.0243 e. The van der Waals surface area contributed by atoms with E-state index in [-0.39, 0.29) is 26.2 Å². The molecule has 0 aliphatic heterocycles. The fraction of sp³-hybridized carbons (Fsp3) is 0.217. The second-order valence-corrected chi connectivity index (χ2v) is 6.66. The summed E-state index contributed by atoms with van der Waals surface area (Å²) < 4.78 is 0. The third kappa shape index (κ3) is 3.78. The summed E-state index contributed by atoms with van der Waals surface area (Å²) in [5.74, 6) is 0.899. The maximum atomic E-state index is 4.00. The van der Waals surface area contributed by atoms with Gasteiger partial charge in [-0.2, -0.15) is 0 Å². The van der Waals surface area contributed by atoms with Gasteiger partial charge in [-0.25, -0.2) is 0 Å². The molecule has 0 saturated heterocycles. The molecular weight excluding hydrogens is 367 g/mol. The van der Waals surface area contributed by atoms with E-state index in [1.807, 2.05) is 6.92 Å². The number of fused-ring (bicyclic) bond motifs is 1. The molecule has 0 bridgehead atoms. The van der Waals surface area contributed by atoms with Crippen LogP contribution in [-0.2, 0) is 26.2 Å². The third-order valence-electron chi connectivity index (χ3n) is 4.47. The van der Waals surface area contributed by atoms with Crippen LogP contribution in [-0.4, -0.2) is 0 Å². The van der Waals surface area contributed by atoms with Gasteiger partial charge in [-0.3, -0.25) is 0 Å². The minimum absolute atomic E-state index is 0. The number of rotatable bonds is 4. The SMILES string of the molecule is C=C(C)C=CC1C(C(C)C)=Cc2c(-c3ccccc3)cccc21.[Zr]. The molecule has 120 valence electrons. The van der Waals surface area contributed by atoms with E-state index in [1.54, 1.807) is 0 Å². The zero-order valence-electron chi connectivity index (χ0n) is 14.7. The quantitative estimate of drug-likeness (QED) is 0.514. The van der Waals surface area contributed by atoms with Gasteiger partial charge in [0.15, 0.2) is 0 Å². The molecule has 1 unspecified atom stereocenters. The van der Waals surface area contributed by atoms with E-state index in [4.69, 9.17) is 0 Å². The minimum Gasteiger partial charge on any atom is -0.0961 e. The molecule has 0 fully saturated rings. The summed E-state index contributed by atoms with van der Waals surface area (Å²) in [5, 5.41) is 0. The van der Waals surface area contributed by atoms with Gasteiger partial charge in [0.2, 0.25) is 0 Å². The van der Waals surface area contributed by atoms with Crippen molar-refractivity contribution in [1.82, 2.24) is 0 Å². The van der Waals surface area contributed by atoms with Crippen molar-refractivity contribution in [3.05, 3.63) is 89.5 Å². The van der Waals surface area contributed by atoms with Crippen LogP contribution in [0.5, 0.6) is 0 Å². The molecular formula is C23H24Zr. The molecule has 1 aliphatic carbocycles. The third-order valence-corrected chi connectivity index (χ3v) is 4.47. The van der Waals surface area contributed by atoms with Crippen LogP contribution in [0.4, 0.5) is 0 Å². The molecule has 2 aromatic rings. The van der Waals surface area contributed by atoms with E-state index < -0.39 is 0 Å². The number of hydrogen-bond acceptors (Lipinski definition) is 0. The standard InChI is InChI=1S/C23H24.Zr/c1-16(2)13-14-21-20-12-8-11-19(18-9-6-5-7-10-18)23(20)15-22(21)17(3)4;/h5-15,17,21H,1H2,2-4H3;. The Balaban J connectivity index is 0.00000208. The Hall–Kier alpha value is -1.46. The van der Waals surface area contributed by atoms with Gasteiger partial charge in [0.1, 0.15) is 0 Å². The van der Waals surface area contributed by atoms with Crippen LogP contribution in [0.15, 0.2) is 78.4 Å². The Labute approximate surface area is 165 Å². The van der Waals surface area contributed by atoms with Crippen LogP contribution in [0.1, 0.15) is 37.8 Å². The second kappa shape index (κ2) is 8.08. The molecule has 0 radical (unpaired) electrons. The van der Waals surface area contributed by atoms with Crippen molar-refractivity contribution in [2.45, 2.75) is 26.7 Å². The summed E-state index contributed by atoms with van der Waals surface area (Å²) in [6.45, 7) is 10.6. The molecule has 1 heteroatoms. The second-order valence-electron chi connectivity index (χ2n) is 6.66. The van der Waals surface area contributed by atoms with Crippen molar-refractivity contribution in [1.29, 1.82) is 0 Å². The van der Waals surface area contributed by atoms with E-state index in [0.717, 1.165) is 5.57 Å². The average Bonchev–Trinajstić information content (AvgIpc) is 2.92. The van der Waals surface area contributed by atoms with Crippen LogP contribution >= 0.6 is 0 Å². The maximum absolute atomic E-state index is 4.00. The predicted molar refractivity (Wildman–Crippen MR) is 101 cm³/mol. The summed E-state index contributed by atoms with van der Waals surface area (Å²) in [7, 11) is 0. The monoisotopic (exact) mass is 390 g/mol. The predicted octanol–water partition coefficient (Wildman–Crippen LogP) is 6.62. The van der Waals surface area contributed by atoms with E-state index >= 15 is 0 Å². The van der Waals surface area contributed by atoms with Gasteiger partial charge < -0.3 is 0 Å². The Bertz CT molecular complexity index is 779. The van der Waals surface area contributed by atoms with Gasteiger partial charge in [0.05, 0.1) is 0 Å². The van der Waals surface area contributed by atoms with Gasteiger partial charge in [0, 0.05) is 32.1 Å². The summed E-state index contributed by atoms with van der Waals surface area (Å²) >= 11 is 0. The first kappa shape index (κ1) is 18.9. The molecule has 0 heterocycles. The molecule has 0 nitrogen and oxygen atoms in total. The fourth-order valence-corrected chi connectivity index (χ4v) is 3.32. The van der Waals surface area contributed by atoms with Gasteiger partial charge >= 0.3 is 0 Å². The van der Waals surface area contributed by atoms with Gasteiger partial charge in [-0.05, 0) is 35.1 Å². The average molecular weight is 392 g/mol. The maximum Gasteiger partial charge on any atom is 0.0243 e. The summed E-state index contributed by atoms with van der Waals surface area (Å²) in [5.41, 5.74) is 7.98. The van der Waals surface area contributed by atoms with Crippen LogP contribution in [0.25, 0.3) is 17.2 Å². The first-order valence-corrected chi connectivity index (χ1v) is 8.31. The summed E-state index contributed by atoms with van der Waals surface area (Å²) in [4.78, 5) is 0. The van der Waals surface area contributed by atoms with Crippen molar-refractivity contribution in [3.63, 3.8) is 0 Å². The van der Waals surface area contributed by atoms with Crippen molar-refractivity contribution >= 4 is 6.08 Å². The van der Waals surface area contributed by atoms with Crippen LogP contribution < -0.4 is 0 Å². The van der Waals surface area contributed by atoms with Gasteiger partial charge in [-0.15, -0.1) is 0 Å². The van der Waals surface area contributed by atoms with Crippen LogP contribution in [0, 0.1) is 5.92 Å². The fourth-order valence-electron chi connectivity index (χ4n) is 3.32. The molecule has 0 saturated carbocycles. The Kier molecular flexibility index (Phi) is 6.36. The Morgan fingerprint density at radius 3 is 2.38 bits per heavy atom. The number of benzene rings is 2. The largest absolute Gasteiger partial charge is 0.0961 e. The van der Waals surface area contributed by atoms with Crippen molar-refractivity contribution in [3.8, 4) is 11.1 Å². The summed E-state index contributed by atoms with van der Waals surface area (Å²) in [6.07, 6.45) is 6.84. The molecule has 1 aliphatic rings. The minimum atomic E-state index is 0. The van der Waals surface area contributed by atoms with E-state index in [9.17, 15) is 0 Å². The number of allylic oxidation sites excluding steroid dienone is 4. The molecule has 0 aromatic heterocycles. The Morgan fingerprint density at radius 1 is 1.04 bits per heavy atom. The van der Waals surface area contributed by atoms with Crippen LogP contribution in [0.2, 0.25) is 0 Å². The van der Waals surface area contributed by atoms with E-state index in [2.05, 4.69) is 87.2 Å². The molecule has 0 amide bonds. The van der Waals surface area contributed by atoms with Gasteiger partial charge in [0.25, 0.3) is 0 Å². The molecule has 2 aromatic carbocycles.